The van der Waals surface area contributed by atoms with Crippen LogP contribution in [0.25, 0.3) is 10.9 Å². The lowest BCUT2D eigenvalue weighted by molar-refractivity contribution is 0.455. The number of rotatable bonds is 3. The van der Waals surface area contributed by atoms with Crippen LogP contribution >= 0.6 is 10.7 Å². The lowest BCUT2D eigenvalue weighted by atomic mass is 10.2. The maximum absolute atomic E-state index is 11.8. The first-order valence-corrected chi connectivity index (χ1v) is 8.50. The van der Waals surface area contributed by atoms with E-state index < -0.39 is 9.05 Å². The monoisotopic (exact) mass is 325 g/mol. The topological polar surface area (TPSA) is 78.0 Å². The predicted molar refractivity (Wildman–Crippen MR) is 77.9 cm³/mol. The van der Waals surface area contributed by atoms with Gasteiger partial charge in [0.25, 0.3) is 9.05 Å². The van der Waals surface area contributed by atoms with Crippen molar-refractivity contribution >= 4 is 30.6 Å². The Labute approximate surface area is 125 Å². The molecule has 0 aliphatic carbocycles. The van der Waals surface area contributed by atoms with E-state index in [0.29, 0.717) is 29.4 Å². The number of benzene rings is 1. The smallest absolute Gasteiger partial charge is 0.263 e. The maximum Gasteiger partial charge on any atom is 0.263 e. The summed E-state index contributed by atoms with van der Waals surface area (Å²) in [5.41, 5.74) is 1.30. The Bertz CT molecular complexity index is 927. The Morgan fingerprint density at radius 3 is 2.57 bits per heavy atom. The van der Waals surface area contributed by atoms with Gasteiger partial charge in [-0.1, -0.05) is 18.2 Å². The van der Waals surface area contributed by atoms with Gasteiger partial charge in [-0.05, 0) is 13.0 Å². The Balaban J connectivity index is 2.25. The van der Waals surface area contributed by atoms with E-state index in [1.165, 1.54) is 0 Å². The Morgan fingerprint density at radius 2 is 1.95 bits per heavy atom. The SMILES string of the molecule is Cc1nnc(Cn2c(C)c(S(=O)(=O)Cl)c3ccccc32)o1. The first-order chi connectivity index (χ1) is 9.88. The van der Waals surface area contributed by atoms with Crippen molar-refractivity contribution in [2.24, 2.45) is 0 Å². The third-order valence-electron chi connectivity index (χ3n) is 3.28. The van der Waals surface area contributed by atoms with Crippen LogP contribution in [0.5, 0.6) is 0 Å². The van der Waals surface area contributed by atoms with E-state index in [-0.39, 0.29) is 4.90 Å². The fourth-order valence-corrected chi connectivity index (χ4v) is 3.93. The van der Waals surface area contributed by atoms with Gasteiger partial charge < -0.3 is 8.98 Å². The second kappa shape index (κ2) is 4.85. The largest absolute Gasteiger partial charge is 0.424 e. The lowest BCUT2D eigenvalue weighted by Crippen LogP contribution is -2.03. The molecule has 0 bridgehead atoms. The van der Waals surface area contributed by atoms with Crippen molar-refractivity contribution in [3.8, 4) is 0 Å². The normalized spacial score (nSPS) is 12.1. The molecule has 0 spiro atoms. The third kappa shape index (κ3) is 2.43. The van der Waals surface area contributed by atoms with Crippen LogP contribution in [0, 0.1) is 13.8 Å². The summed E-state index contributed by atoms with van der Waals surface area (Å²) < 4.78 is 30.8. The highest BCUT2D eigenvalue weighted by atomic mass is 35.7. The van der Waals surface area contributed by atoms with Crippen LogP contribution in [0.3, 0.4) is 0 Å². The van der Waals surface area contributed by atoms with E-state index >= 15 is 0 Å². The lowest BCUT2D eigenvalue weighted by Gasteiger charge is -2.04. The fourth-order valence-electron chi connectivity index (χ4n) is 2.45. The maximum atomic E-state index is 11.8. The summed E-state index contributed by atoms with van der Waals surface area (Å²) in [6.07, 6.45) is 0. The molecular formula is C13H12ClN3O3S. The number of aromatic nitrogens is 3. The molecule has 0 aliphatic heterocycles. The van der Waals surface area contributed by atoms with Gasteiger partial charge in [0, 0.05) is 28.7 Å². The molecule has 2 heterocycles. The van der Waals surface area contributed by atoms with Crippen molar-refractivity contribution < 1.29 is 12.8 Å². The van der Waals surface area contributed by atoms with Crippen molar-refractivity contribution in [2.45, 2.75) is 25.3 Å². The molecule has 3 rings (SSSR count). The second-order valence-corrected chi connectivity index (χ2v) is 7.17. The predicted octanol–water partition coefficient (Wildman–Crippen LogP) is 2.62. The Morgan fingerprint density at radius 1 is 1.24 bits per heavy atom. The van der Waals surface area contributed by atoms with Crippen LogP contribution in [0.2, 0.25) is 0 Å². The summed E-state index contributed by atoms with van der Waals surface area (Å²) in [7, 11) is 1.73. The molecule has 6 nitrogen and oxygen atoms in total. The summed E-state index contributed by atoms with van der Waals surface area (Å²) in [6.45, 7) is 3.70. The van der Waals surface area contributed by atoms with Gasteiger partial charge >= 0.3 is 0 Å². The van der Waals surface area contributed by atoms with Crippen molar-refractivity contribution in [1.82, 2.24) is 14.8 Å². The summed E-state index contributed by atoms with van der Waals surface area (Å²) >= 11 is 0. The molecule has 0 fully saturated rings. The standard InChI is InChI=1S/C13H12ClN3O3S/c1-8-13(21(14,18)19)10-5-3-4-6-11(10)17(8)7-12-16-15-9(2)20-12/h3-6H,7H2,1-2H3. The molecule has 0 N–H and O–H groups in total. The first-order valence-electron chi connectivity index (χ1n) is 6.19. The van der Waals surface area contributed by atoms with Gasteiger partial charge in [0.05, 0.1) is 5.52 Å². The molecule has 0 aliphatic rings. The van der Waals surface area contributed by atoms with E-state index in [9.17, 15) is 8.42 Å². The minimum absolute atomic E-state index is 0.121. The fraction of sp³-hybridized carbons (Fsp3) is 0.231. The Hall–Kier alpha value is -1.86. The number of nitrogens with zero attached hydrogens (tertiary/aromatic N) is 3. The van der Waals surface area contributed by atoms with E-state index in [4.69, 9.17) is 15.1 Å². The number of hydrogen-bond donors (Lipinski definition) is 0. The molecule has 21 heavy (non-hydrogen) atoms. The van der Waals surface area contributed by atoms with Crippen LogP contribution in [0.15, 0.2) is 33.6 Å². The van der Waals surface area contributed by atoms with Crippen LogP contribution in [0.1, 0.15) is 17.5 Å². The van der Waals surface area contributed by atoms with Gasteiger partial charge in [0.15, 0.2) is 0 Å². The Kier molecular flexibility index (Phi) is 3.26. The molecule has 0 radical (unpaired) electrons. The van der Waals surface area contributed by atoms with Gasteiger partial charge in [-0.25, -0.2) is 8.42 Å². The zero-order valence-corrected chi connectivity index (χ0v) is 12.9. The quantitative estimate of drug-likeness (QED) is 0.692. The highest BCUT2D eigenvalue weighted by molar-refractivity contribution is 8.14. The third-order valence-corrected chi connectivity index (χ3v) is 4.74. The van der Waals surface area contributed by atoms with Gasteiger partial charge in [-0.15, -0.1) is 10.2 Å². The molecule has 0 saturated heterocycles. The van der Waals surface area contributed by atoms with Crippen molar-refractivity contribution in [3.05, 3.63) is 41.7 Å². The minimum Gasteiger partial charge on any atom is -0.424 e. The molecular weight excluding hydrogens is 314 g/mol. The van der Waals surface area contributed by atoms with Gasteiger partial charge in [0.2, 0.25) is 11.8 Å². The minimum atomic E-state index is -3.84. The van der Waals surface area contributed by atoms with Crippen LogP contribution in [0.4, 0.5) is 0 Å². The number of aryl methyl sites for hydroxylation is 1. The van der Waals surface area contributed by atoms with Gasteiger partial charge in [0.1, 0.15) is 11.4 Å². The number of fused-ring (bicyclic) bond motifs is 1. The summed E-state index contributed by atoms with van der Waals surface area (Å²) in [6, 6.07) is 7.17. The molecule has 2 aromatic heterocycles. The van der Waals surface area contributed by atoms with E-state index in [1.807, 2.05) is 12.1 Å². The second-order valence-electron chi connectivity index (χ2n) is 4.67. The van der Waals surface area contributed by atoms with Crippen molar-refractivity contribution in [2.75, 3.05) is 0 Å². The summed E-state index contributed by atoms with van der Waals surface area (Å²) in [4.78, 5) is 0.121. The molecule has 0 unspecified atom stereocenters. The molecule has 0 amide bonds. The number of halogens is 1. The molecule has 3 aromatic rings. The average Bonchev–Trinajstić information content (AvgIpc) is 2.92. The number of para-hydroxylation sites is 1. The van der Waals surface area contributed by atoms with E-state index in [1.54, 1.807) is 30.5 Å². The average molecular weight is 326 g/mol. The highest BCUT2D eigenvalue weighted by Crippen LogP contribution is 2.32. The van der Waals surface area contributed by atoms with Gasteiger partial charge in [-0.2, -0.15) is 0 Å². The van der Waals surface area contributed by atoms with E-state index in [0.717, 1.165) is 5.52 Å². The van der Waals surface area contributed by atoms with Gasteiger partial charge in [-0.3, -0.25) is 0 Å². The van der Waals surface area contributed by atoms with Crippen LogP contribution in [-0.4, -0.2) is 23.2 Å². The highest BCUT2D eigenvalue weighted by Gasteiger charge is 2.23. The first kappa shape index (κ1) is 14.1. The zero-order chi connectivity index (χ0) is 15.2. The van der Waals surface area contributed by atoms with Crippen LogP contribution in [-0.2, 0) is 15.6 Å². The van der Waals surface area contributed by atoms with E-state index in [2.05, 4.69) is 10.2 Å². The molecule has 1 aromatic carbocycles. The molecule has 0 atom stereocenters. The van der Waals surface area contributed by atoms with Crippen molar-refractivity contribution in [1.29, 1.82) is 0 Å². The molecule has 0 saturated carbocycles. The molecule has 8 heteroatoms. The van der Waals surface area contributed by atoms with Crippen LogP contribution < -0.4 is 0 Å². The number of hydrogen-bond acceptors (Lipinski definition) is 5. The summed E-state index contributed by atoms with van der Waals surface area (Å²) in [5, 5.41) is 8.30. The van der Waals surface area contributed by atoms with Crippen molar-refractivity contribution in [3.63, 3.8) is 0 Å². The molecule has 110 valence electrons. The summed E-state index contributed by atoms with van der Waals surface area (Å²) in [5.74, 6) is 0.874. The zero-order valence-electron chi connectivity index (χ0n) is 11.4.